The molecule has 218 valence electrons. The average Bonchev–Trinajstić information content (AvgIpc) is 2.90. The molecule has 0 aliphatic rings. The second-order valence-electron chi connectivity index (χ2n) is 9.38. The van der Waals surface area contributed by atoms with Crippen LogP contribution in [0, 0.1) is 24.0 Å². The maximum Gasteiger partial charge on any atom is 0.315 e. The fourth-order valence-corrected chi connectivity index (χ4v) is 5.58. The molecule has 2 aromatic rings. The van der Waals surface area contributed by atoms with Crippen molar-refractivity contribution in [2.45, 2.75) is 50.9 Å². The summed E-state index contributed by atoms with van der Waals surface area (Å²) in [5.41, 5.74) is 1.69. The Kier molecular flexibility index (Phi) is 13.0. The summed E-state index contributed by atoms with van der Waals surface area (Å²) in [4.78, 5) is 25.2. The first-order chi connectivity index (χ1) is 19.0. The minimum atomic E-state index is -3.71. The van der Waals surface area contributed by atoms with Gasteiger partial charge in [0.2, 0.25) is 5.91 Å². The van der Waals surface area contributed by atoms with E-state index in [2.05, 4.69) is 27.2 Å². The van der Waals surface area contributed by atoms with E-state index in [0.29, 0.717) is 31.0 Å². The largest absolute Gasteiger partial charge is 0.390 e. The summed E-state index contributed by atoms with van der Waals surface area (Å²) in [6.45, 7) is 2.12. The molecule has 0 bridgehead atoms. The van der Waals surface area contributed by atoms with Crippen LogP contribution in [0.25, 0.3) is 0 Å². The summed E-state index contributed by atoms with van der Waals surface area (Å²) in [7, 11) is -2.40. The number of carbonyl (C=O) groups excluding carboxylic acids is 2. The van der Waals surface area contributed by atoms with Gasteiger partial charge in [0, 0.05) is 31.8 Å². The molecule has 0 aliphatic carbocycles. The maximum atomic E-state index is 13.9. The number of aliphatic hydroxyl groups is 1. The van der Waals surface area contributed by atoms with Gasteiger partial charge in [0.15, 0.2) is 9.84 Å². The molecule has 9 nitrogen and oxygen atoms in total. The minimum absolute atomic E-state index is 0.0363. The zero-order valence-corrected chi connectivity index (χ0v) is 23.4. The Morgan fingerprint density at radius 2 is 1.77 bits per heavy atom. The van der Waals surface area contributed by atoms with Gasteiger partial charge in [-0.25, -0.2) is 22.0 Å². The highest BCUT2D eigenvalue weighted by Crippen LogP contribution is 2.13. The van der Waals surface area contributed by atoms with Crippen LogP contribution in [0.3, 0.4) is 0 Å². The lowest BCUT2D eigenvalue weighted by atomic mass is 10.00. The molecule has 2 rings (SSSR count). The van der Waals surface area contributed by atoms with Gasteiger partial charge in [-0.15, -0.1) is 6.42 Å². The monoisotopic (exact) mass is 578 g/mol. The van der Waals surface area contributed by atoms with E-state index < -0.39 is 57.4 Å². The van der Waals surface area contributed by atoms with Crippen molar-refractivity contribution in [2.24, 2.45) is 0 Å². The molecule has 5 N–H and O–H groups in total. The number of terminal acetylenes is 1. The van der Waals surface area contributed by atoms with Crippen LogP contribution in [0.5, 0.6) is 0 Å². The van der Waals surface area contributed by atoms with E-state index in [1.165, 1.54) is 7.05 Å². The van der Waals surface area contributed by atoms with Crippen molar-refractivity contribution in [2.75, 3.05) is 25.1 Å². The van der Waals surface area contributed by atoms with Gasteiger partial charge in [0.05, 0.1) is 23.7 Å². The number of halogens is 2. The Hall–Kier alpha value is -3.53. The Morgan fingerprint density at radius 3 is 2.40 bits per heavy atom. The molecule has 0 radical (unpaired) electrons. The molecular weight excluding hydrogens is 542 g/mol. The number of carbonyl (C=O) groups is 2. The highest BCUT2D eigenvalue weighted by Gasteiger charge is 2.30. The lowest BCUT2D eigenvalue weighted by molar-refractivity contribution is -0.124. The number of nitrogens with one attached hydrogen (secondary N) is 4. The molecule has 40 heavy (non-hydrogen) atoms. The van der Waals surface area contributed by atoms with Gasteiger partial charge in [-0.1, -0.05) is 31.4 Å². The predicted octanol–water partition coefficient (Wildman–Crippen LogP) is 1.64. The first kappa shape index (κ1) is 32.7. The van der Waals surface area contributed by atoms with Crippen LogP contribution in [0.1, 0.15) is 36.5 Å². The van der Waals surface area contributed by atoms with Crippen LogP contribution >= 0.6 is 0 Å². The first-order valence-corrected chi connectivity index (χ1v) is 14.7. The van der Waals surface area contributed by atoms with E-state index in [9.17, 15) is 31.9 Å². The molecule has 3 atom stereocenters. The molecule has 0 aliphatic heterocycles. The minimum Gasteiger partial charge on any atom is -0.390 e. The second-order valence-corrected chi connectivity index (χ2v) is 11.6. The third kappa shape index (κ3) is 11.3. The summed E-state index contributed by atoms with van der Waals surface area (Å²) in [6.07, 6.45) is 5.00. The van der Waals surface area contributed by atoms with Crippen molar-refractivity contribution < 1.29 is 31.9 Å². The number of benzene rings is 2. The van der Waals surface area contributed by atoms with E-state index >= 15 is 0 Å². The van der Waals surface area contributed by atoms with Crippen molar-refractivity contribution in [3.05, 3.63) is 70.8 Å². The molecule has 2 aromatic carbocycles. The molecule has 0 saturated carbocycles. The normalized spacial score (nSPS) is 13.5. The molecule has 0 spiro atoms. The number of sulfone groups is 1. The molecule has 0 unspecified atom stereocenters. The SMILES string of the molecule is C#Cc1cccc(CNC[C@@H](O)[C@H](Cc2cc(F)cc(F)c2)NC(=O)[C@@H](CS(=O)(=O)CCCC)NC(=O)NC)c1. The van der Waals surface area contributed by atoms with Crippen LogP contribution in [0.2, 0.25) is 0 Å². The molecule has 12 heteroatoms. The van der Waals surface area contributed by atoms with Crippen LogP contribution in [-0.2, 0) is 27.6 Å². The fourth-order valence-electron chi connectivity index (χ4n) is 3.94. The highest BCUT2D eigenvalue weighted by atomic mass is 32.2. The number of hydrogen-bond acceptors (Lipinski definition) is 6. The van der Waals surface area contributed by atoms with E-state index in [0.717, 1.165) is 17.7 Å². The van der Waals surface area contributed by atoms with E-state index in [1.807, 2.05) is 13.0 Å². The highest BCUT2D eigenvalue weighted by molar-refractivity contribution is 7.91. The topological polar surface area (TPSA) is 137 Å². The van der Waals surface area contributed by atoms with Gasteiger partial charge in [0.25, 0.3) is 0 Å². The van der Waals surface area contributed by atoms with E-state index in [-0.39, 0.29) is 24.3 Å². The Balaban J connectivity index is 2.23. The van der Waals surface area contributed by atoms with Crippen molar-refractivity contribution in [3.63, 3.8) is 0 Å². The van der Waals surface area contributed by atoms with Gasteiger partial charge in [-0.05, 0) is 48.2 Å². The van der Waals surface area contributed by atoms with Crippen molar-refractivity contribution in [1.29, 1.82) is 0 Å². The molecule has 0 aromatic heterocycles. The molecule has 0 heterocycles. The molecule has 0 fully saturated rings. The van der Waals surface area contributed by atoms with E-state index in [4.69, 9.17) is 6.42 Å². The number of hydrogen-bond donors (Lipinski definition) is 5. The Morgan fingerprint density at radius 1 is 1.07 bits per heavy atom. The molecular formula is C28H36F2N4O5S. The van der Waals surface area contributed by atoms with E-state index in [1.54, 1.807) is 18.2 Å². The van der Waals surface area contributed by atoms with Crippen LogP contribution in [0.4, 0.5) is 13.6 Å². The third-order valence-corrected chi connectivity index (χ3v) is 7.78. The van der Waals surface area contributed by atoms with Crippen molar-refractivity contribution in [3.8, 4) is 12.3 Å². The molecule has 3 amide bonds. The maximum absolute atomic E-state index is 13.9. The number of aliphatic hydroxyl groups excluding tert-OH is 1. The Bertz CT molecular complexity index is 1280. The fraction of sp³-hybridized carbons (Fsp3) is 0.429. The predicted molar refractivity (Wildman–Crippen MR) is 149 cm³/mol. The number of rotatable bonds is 15. The number of amides is 3. The summed E-state index contributed by atoms with van der Waals surface area (Å²) >= 11 is 0. The van der Waals surface area contributed by atoms with Gasteiger partial charge in [-0.3, -0.25) is 4.79 Å². The van der Waals surface area contributed by atoms with Crippen LogP contribution in [0.15, 0.2) is 42.5 Å². The average molecular weight is 579 g/mol. The lowest BCUT2D eigenvalue weighted by Crippen LogP contribution is -2.57. The van der Waals surface area contributed by atoms with Gasteiger partial charge < -0.3 is 26.4 Å². The number of unbranched alkanes of at least 4 members (excludes halogenated alkanes) is 1. The second kappa shape index (κ2) is 15.9. The van der Waals surface area contributed by atoms with Crippen molar-refractivity contribution in [1.82, 2.24) is 21.3 Å². The third-order valence-electron chi connectivity index (χ3n) is 6.02. The summed E-state index contributed by atoms with van der Waals surface area (Å²) < 4.78 is 52.9. The summed E-state index contributed by atoms with van der Waals surface area (Å²) in [5, 5.41) is 21.2. The Labute approximate surface area is 234 Å². The van der Waals surface area contributed by atoms with Crippen LogP contribution in [-0.4, -0.2) is 68.7 Å². The van der Waals surface area contributed by atoms with Gasteiger partial charge in [0.1, 0.15) is 17.7 Å². The smallest absolute Gasteiger partial charge is 0.315 e. The van der Waals surface area contributed by atoms with Gasteiger partial charge >= 0.3 is 6.03 Å². The lowest BCUT2D eigenvalue weighted by Gasteiger charge is -2.27. The summed E-state index contributed by atoms with van der Waals surface area (Å²) in [6, 6.07) is 6.70. The number of urea groups is 1. The quantitative estimate of drug-likeness (QED) is 0.204. The summed E-state index contributed by atoms with van der Waals surface area (Å²) in [5.74, 6) is -0.820. The van der Waals surface area contributed by atoms with Crippen LogP contribution < -0.4 is 21.3 Å². The zero-order chi connectivity index (χ0) is 29.7. The standard InChI is InChI=1S/C28H36F2N4O5S/c1-4-6-10-40(38,39)18-25(34-28(37)31-3)27(36)33-24(14-21-12-22(29)15-23(30)13-21)26(35)17-32-16-20-9-7-8-19(5-2)11-20/h2,7-9,11-13,15,24-26,32,35H,4,6,10,14,16-18H2,1,3H3,(H,33,36)(H2,31,34,37)/t24-,25+,26+/m0/s1. The van der Waals surface area contributed by atoms with Crippen molar-refractivity contribution >= 4 is 21.8 Å². The zero-order valence-electron chi connectivity index (χ0n) is 22.5. The first-order valence-electron chi connectivity index (χ1n) is 12.8. The van der Waals surface area contributed by atoms with Gasteiger partial charge in [-0.2, -0.15) is 0 Å². The molecule has 0 saturated heterocycles.